The normalized spacial score (nSPS) is 20.0. The summed E-state index contributed by atoms with van der Waals surface area (Å²) in [4.78, 5) is 59.1. The summed E-state index contributed by atoms with van der Waals surface area (Å²) >= 11 is 0. The van der Waals surface area contributed by atoms with Gasteiger partial charge in [-0.25, -0.2) is 4.79 Å². The van der Waals surface area contributed by atoms with Crippen molar-refractivity contribution in [3.63, 3.8) is 0 Å². The molecule has 1 saturated heterocycles. The first-order valence-corrected chi connectivity index (χ1v) is 9.31. The van der Waals surface area contributed by atoms with E-state index in [4.69, 9.17) is 16.2 Å². The van der Waals surface area contributed by atoms with Gasteiger partial charge in [0.25, 0.3) is 0 Å². The number of ether oxygens (including phenoxy) is 1. The molecule has 6 N–H and O–H groups in total. The number of hydrogen-bond acceptors (Lipinski definition) is 6. The number of carboxylic acid groups (broad SMARTS) is 1. The van der Waals surface area contributed by atoms with E-state index in [1.54, 1.807) is 13.8 Å². The lowest BCUT2D eigenvalue weighted by Gasteiger charge is -2.30. The smallest absolute Gasteiger partial charge is 0.337 e. The van der Waals surface area contributed by atoms with Crippen molar-refractivity contribution in [1.82, 2.24) is 9.88 Å². The third kappa shape index (κ3) is 5.89. The number of hydrogen-bond donors (Lipinski definition) is 4. The highest BCUT2D eigenvalue weighted by Gasteiger charge is 2.40. The van der Waals surface area contributed by atoms with E-state index in [-0.39, 0.29) is 31.4 Å². The van der Waals surface area contributed by atoms with Crippen LogP contribution in [0.5, 0.6) is 0 Å². The highest BCUT2D eigenvalue weighted by atomic mass is 16.5. The zero-order valence-corrected chi connectivity index (χ0v) is 16.8. The number of amides is 3. The van der Waals surface area contributed by atoms with Crippen LogP contribution in [0, 0.1) is 5.41 Å². The zero-order chi connectivity index (χ0) is 22.6. The van der Waals surface area contributed by atoms with Crippen LogP contribution < -0.4 is 16.8 Å². The molecular weight excluding hydrogens is 396 g/mol. The number of aromatic carboxylic acids is 1. The molecule has 164 valence electrons. The summed E-state index contributed by atoms with van der Waals surface area (Å²) in [5.41, 5.74) is 9.76. The molecule has 0 saturated carbocycles. The Hall–Kier alpha value is -3.21. The molecule has 3 unspecified atom stereocenters. The van der Waals surface area contributed by atoms with E-state index in [1.807, 2.05) is 0 Å². The first kappa shape index (κ1) is 23.1. The zero-order valence-electron chi connectivity index (χ0n) is 16.8. The summed E-state index contributed by atoms with van der Waals surface area (Å²) in [6.45, 7) is 3.24. The number of Topliss-reactive ketones (excluding diaryl/α,β-unsaturated/α-hetero) is 1. The summed E-state index contributed by atoms with van der Waals surface area (Å²) in [6.07, 6.45) is 1.75. The number of carboxylic acids is 1. The second kappa shape index (κ2) is 9.08. The molecular formula is C19H26N4O7. The quantitative estimate of drug-likeness (QED) is 0.386. The van der Waals surface area contributed by atoms with Crippen LogP contribution in [-0.4, -0.2) is 57.9 Å². The van der Waals surface area contributed by atoms with Crippen LogP contribution in [0.2, 0.25) is 0 Å². The molecule has 1 aromatic heterocycles. The molecule has 2 rings (SSSR count). The SMILES string of the molecule is CC(C)(CC(N)=O)CC(C(=O)NC1C(=O)COC1CC(N)=O)n1ccc(C(=O)O)c1. The van der Waals surface area contributed by atoms with Crippen LogP contribution in [-0.2, 0) is 23.9 Å². The first-order valence-electron chi connectivity index (χ1n) is 9.31. The number of primary amides is 2. The molecule has 0 radical (unpaired) electrons. The Bertz CT molecular complexity index is 861. The fraction of sp³-hybridized carbons (Fsp3) is 0.526. The topological polar surface area (TPSA) is 184 Å². The van der Waals surface area contributed by atoms with E-state index in [0.29, 0.717) is 0 Å². The third-order valence-electron chi connectivity index (χ3n) is 4.88. The molecule has 1 aliphatic heterocycles. The van der Waals surface area contributed by atoms with Crippen molar-refractivity contribution in [2.75, 3.05) is 6.61 Å². The maximum Gasteiger partial charge on any atom is 0.337 e. The number of ketones is 1. The van der Waals surface area contributed by atoms with E-state index < -0.39 is 53.1 Å². The fourth-order valence-electron chi connectivity index (χ4n) is 3.51. The fourth-order valence-corrected chi connectivity index (χ4v) is 3.51. The van der Waals surface area contributed by atoms with Gasteiger partial charge in [-0.1, -0.05) is 13.8 Å². The molecule has 11 heteroatoms. The molecule has 3 amide bonds. The van der Waals surface area contributed by atoms with Crippen molar-refractivity contribution >= 4 is 29.5 Å². The average Bonchev–Trinajstić information content (AvgIpc) is 3.20. The Balaban J connectivity index is 2.29. The van der Waals surface area contributed by atoms with Crippen LogP contribution in [0.4, 0.5) is 0 Å². The van der Waals surface area contributed by atoms with Crippen molar-refractivity contribution in [3.05, 3.63) is 24.0 Å². The average molecular weight is 422 g/mol. The summed E-state index contributed by atoms with van der Waals surface area (Å²) < 4.78 is 6.66. The Morgan fingerprint density at radius 3 is 2.50 bits per heavy atom. The van der Waals surface area contributed by atoms with Gasteiger partial charge >= 0.3 is 5.97 Å². The van der Waals surface area contributed by atoms with Gasteiger partial charge in [0.2, 0.25) is 17.7 Å². The number of rotatable bonds is 10. The lowest BCUT2D eigenvalue weighted by atomic mass is 9.82. The van der Waals surface area contributed by atoms with E-state index >= 15 is 0 Å². The molecule has 1 fully saturated rings. The Morgan fingerprint density at radius 1 is 1.30 bits per heavy atom. The van der Waals surface area contributed by atoms with Crippen molar-refractivity contribution < 1.29 is 33.8 Å². The van der Waals surface area contributed by atoms with Crippen LogP contribution in [0.25, 0.3) is 0 Å². The van der Waals surface area contributed by atoms with Crippen LogP contribution >= 0.6 is 0 Å². The molecule has 0 spiro atoms. The minimum Gasteiger partial charge on any atom is -0.478 e. The van der Waals surface area contributed by atoms with Crippen molar-refractivity contribution in [2.24, 2.45) is 16.9 Å². The first-order chi connectivity index (χ1) is 13.9. The predicted molar refractivity (Wildman–Crippen MR) is 103 cm³/mol. The summed E-state index contributed by atoms with van der Waals surface area (Å²) in [5, 5.41) is 11.8. The summed E-state index contributed by atoms with van der Waals surface area (Å²) in [6, 6.07) is -0.653. The maximum absolute atomic E-state index is 13.1. The van der Waals surface area contributed by atoms with E-state index in [9.17, 15) is 29.1 Å². The number of nitrogens with two attached hydrogens (primary N) is 2. The standard InChI is InChI=1S/C19H26N4O7/c1-19(2,7-15(21)26)6-11(23-4-3-10(8-23)18(28)29)17(27)22-16-12(24)9-30-13(16)5-14(20)25/h3-4,8,11,13,16H,5-7,9H2,1-2H3,(H2,20,25)(H2,21,26)(H,22,27)(H,28,29). The lowest BCUT2D eigenvalue weighted by Crippen LogP contribution is -2.48. The van der Waals surface area contributed by atoms with E-state index in [1.165, 1.54) is 23.0 Å². The van der Waals surface area contributed by atoms with Crippen LogP contribution in [0.3, 0.4) is 0 Å². The predicted octanol–water partition coefficient (Wildman–Crippen LogP) is -0.653. The van der Waals surface area contributed by atoms with Crippen molar-refractivity contribution in [1.29, 1.82) is 0 Å². The number of nitrogens with one attached hydrogen (secondary N) is 1. The van der Waals surface area contributed by atoms with Gasteiger partial charge in [-0.3, -0.25) is 19.2 Å². The second-order valence-electron chi connectivity index (χ2n) is 8.15. The third-order valence-corrected chi connectivity index (χ3v) is 4.88. The Labute approximate surface area is 172 Å². The van der Waals surface area contributed by atoms with Gasteiger partial charge in [0.05, 0.1) is 18.1 Å². The highest BCUT2D eigenvalue weighted by molar-refractivity contribution is 5.94. The van der Waals surface area contributed by atoms with E-state index in [2.05, 4.69) is 5.32 Å². The monoisotopic (exact) mass is 422 g/mol. The van der Waals surface area contributed by atoms with Gasteiger partial charge in [0.1, 0.15) is 18.7 Å². The van der Waals surface area contributed by atoms with Crippen LogP contribution in [0.1, 0.15) is 49.5 Å². The van der Waals surface area contributed by atoms with Gasteiger partial charge in [-0.2, -0.15) is 0 Å². The molecule has 1 aromatic rings. The minimum absolute atomic E-state index is 0.000390. The Morgan fingerprint density at radius 2 is 1.97 bits per heavy atom. The number of carbonyl (C=O) groups excluding carboxylic acids is 4. The van der Waals surface area contributed by atoms with E-state index in [0.717, 1.165) is 0 Å². The van der Waals surface area contributed by atoms with Gasteiger partial charge in [0.15, 0.2) is 5.78 Å². The molecule has 30 heavy (non-hydrogen) atoms. The largest absolute Gasteiger partial charge is 0.478 e. The molecule has 0 bridgehead atoms. The highest BCUT2D eigenvalue weighted by Crippen LogP contribution is 2.32. The summed E-state index contributed by atoms with van der Waals surface area (Å²) in [7, 11) is 0. The molecule has 0 aliphatic carbocycles. The molecule has 11 nitrogen and oxygen atoms in total. The molecule has 2 heterocycles. The lowest BCUT2D eigenvalue weighted by molar-refractivity contribution is -0.130. The summed E-state index contributed by atoms with van der Waals surface area (Å²) in [5.74, 6) is -3.37. The number of nitrogens with zero attached hydrogens (tertiary/aromatic N) is 1. The Kier molecular flexibility index (Phi) is 6.98. The molecule has 0 aromatic carbocycles. The van der Waals surface area contributed by atoms with Gasteiger partial charge in [-0.15, -0.1) is 0 Å². The van der Waals surface area contributed by atoms with Gasteiger partial charge in [0, 0.05) is 18.8 Å². The van der Waals surface area contributed by atoms with Crippen molar-refractivity contribution in [2.45, 2.75) is 51.3 Å². The number of aromatic nitrogens is 1. The number of carbonyl (C=O) groups is 5. The minimum atomic E-state index is -1.16. The molecule has 3 atom stereocenters. The van der Waals surface area contributed by atoms with Gasteiger partial charge in [-0.05, 0) is 17.9 Å². The van der Waals surface area contributed by atoms with Crippen molar-refractivity contribution in [3.8, 4) is 0 Å². The second-order valence-corrected chi connectivity index (χ2v) is 8.15. The molecule has 1 aliphatic rings. The van der Waals surface area contributed by atoms with Gasteiger partial charge < -0.3 is 31.2 Å². The van der Waals surface area contributed by atoms with Crippen LogP contribution in [0.15, 0.2) is 18.5 Å². The maximum atomic E-state index is 13.1.